The minimum absolute atomic E-state index is 0.224. The number of hydrogen-bond acceptors (Lipinski definition) is 6. The van der Waals surface area contributed by atoms with Crippen LogP contribution in [0.5, 0.6) is 0 Å². The summed E-state index contributed by atoms with van der Waals surface area (Å²) in [5, 5.41) is 2.73. The Balaban J connectivity index is 3.55. The molecular formula is C19H45NO6Si4. The van der Waals surface area contributed by atoms with Gasteiger partial charge < -0.3 is 27.8 Å². The summed E-state index contributed by atoms with van der Waals surface area (Å²) in [4.78, 5) is 12.9. The summed E-state index contributed by atoms with van der Waals surface area (Å²) in [5.41, 5.74) is 0. The minimum Gasteiger partial charge on any atom is -0.409 e. The molecule has 1 amide bonds. The van der Waals surface area contributed by atoms with E-state index in [1.807, 2.05) is 0 Å². The smallest absolute Gasteiger partial charge is 0.251 e. The van der Waals surface area contributed by atoms with Crippen LogP contribution in [0.15, 0.2) is 0 Å². The maximum absolute atomic E-state index is 12.9. The van der Waals surface area contributed by atoms with Crippen LogP contribution >= 0.6 is 0 Å². The molecule has 178 valence electrons. The number of carbonyl (C=O) groups is 1. The van der Waals surface area contributed by atoms with Gasteiger partial charge in [0, 0.05) is 7.05 Å². The van der Waals surface area contributed by atoms with Crippen LogP contribution in [0.25, 0.3) is 0 Å². The summed E-state index contributed by atoms with van der Waals surface area (Å²) in [6.07, 6.45) is -2.92. The fourth-order valence-corrected chi connectivity index (χ4v) is 7.33. The molecule has 0 bridgehead atoms. The Morgan fingerprint density at radius 2 is 1.00 bits per heavy atom. The SMILES string of the molecule is CNC(=O)[C@H]1OC(O[Si](C)(C)C)[C@H](O[Si](C)(C)C)[C@@H](O[Si](C)(C)C)[C@@H]1O[Si](C)(C)C. The third kappa shape index (κ3) is 9.73. The zero-order valence-electron chi connectivity index (χ0n) is 21.3. The maximum Gasteiger partial charge on any atom is 0.251 e. The second-order valence-electron chi connectivity index (χ2n) is 11.9. The first-order valence-corrected chi connectivity index (χ1v) is 24.4. The number of carbonyl (C=O) groups excluding carboxylic acids is 1. The van der Waals surface area contributed by atoms with Crippen molar-refractivity contribution in [3.8, 4) is 0 Å². The van der Waals surface area contributed by atoms with Crippen molar-refractivity contribution in [3.05, 3.63) is 0 Å². The molecule has 0 aromatic heterocycles. The first kappa shape index (κ1) is 28.2. The van der Waals surface area contributed by atoms with Gasteiger partial charge in [-0.15, -0.1) is 0 Å². The normalized spacial score (nSPS) is 29.0. The van der Waals surface area contributed by atoms with Gasteiger partial charge in [0.2, 0.25) is 0 Å². The third-order valence-corrected chi connectivity index (χ3v) is 7.82. The molecule has 1 unspecified atom stereocenters. The Morgan fingerprint density at radius 3 is 1.37 bits per heavy atom. The summed E-state index contributed by atoms with van der Waals surface area (Å²) in [7, 11) is -6.38. The van der Waals surface area contributed by atoms with Gasteiger partial charge in [-0.2, -0.15) is 0 Å². The van der Waals surface area contributed by atoms with Gasteiger partial charge in [-0.3, -0.25) is 4.79 Å². The van der Waals surface area contributed by atoms with Gasteiger partial charge in [0.15, 0.2) is 45.7 Å². The minimum atomic E-state index is -2.02. The number of likely N-dealkylation sites (N-methyl/N-ethyl adjacent to an activating group) is 1. The summed E-state index contributed by atoms with van der Waals surface area (Å²) < 4.78 is 32.5. The van der Waals surface area contributed by atoms with Crippen molar-refractivity contribution >= 4 is 39.2 Å². The van der Waals surface area contributed by atoms with Crippen molar-refractivity contribution in [2.45, 2.75) is 109 Å². The van der Waals surface area contributed by atoms with Crippen LogP contribution in [-0.4, -0.2) is 76.9 Å². The molecule has 1 N–H and O–H groups in total. The van der Waals surface area contributed by atoms with Crippen LogP contribution in [0.1, 0.15) is 0 Å². The lowest BCUT2D eigenvalue weighted by Gasteiger charge is -2.51. The van der Waals surface area contributed by atoms with Gasteiger partial charge in [-0.05, 0) is 78.6 Å². The number of nitrogens with one attached hydrogen (secondary N) is 1. The molecule has 1 rings (SSSR count). The second-order valence-corrected chi connectivity index (χ2v) is 29.7. The number of hydrogen-bond donors (Lipinski definition) is 1. The Hall–Kier alpha value is 0.138. The Bertz CT molecular complexity index is 580. The van der Waals surface area contributed by atoms with Gasteiger partial charge in [0.05, 0.1) is 0 Å². The van der Waals surface area contributed by atoms with E-state index >= 15 is 0 Å². The van der Waals surface area contributed by atoms with Gasteiger partial charge in [-0.25, -0.2) is 0 Å². The van der Waals surface area contributed by atoms with E-state index in [1.54, 1.807) is 7.05 Å². The van der Waals surface area contributed by atoms with Crippen molar-refractivity contribution in [1.29, 1.82) is 0 Å². The van der Waals surface area contributed by atoms with Crippen LogP contribution in [0.4, 0.5) is 0 Å². The molecule has 7 nitrogen and oxygen atoms in total. The van der Waals surface area contributed by atoms with E-state index in [1.165, 1.54) is 0 Å². The van der Waals surface area contributed by atoms with Crippen LogP contribution in [0, 0.1) is 0 Å². The number of rotatable bonds is 9. The lowest BCUT2D eigenvalue weighted by atomic mass is 9.98. The average Bonchev–Trinajstić information content (AvgIpc) is 2.47. The standard InChI is InChI=1S/C19H45NO6Si4/c1-20-18(21)16-14(23-27(2,3)4)15(24-28(5,6)7)17(25-29(8,9)10)19(22-16)26-30(11,12)13/h14-17,19H,1-13H3,(H,20,21)/t14-,15-,16-,17+,19?/m0/s1. The van der Waals surface area contributed by atoms with Crippen molar-refractivity contribution < 1.29 is 27.2 Å². The quantitative estimate of drug-likeness (QED) is 0.488. The van der Waals surface area contributed by atoms with E-state index in [4.69, 9.17) is 22.4 Å². The molecule has 0 aliphatic carbocycles. The molecule has 0 radical (unpaired) electrons. The van der Waals surface area contributed by atoms with E-state index in [0.717, 1.165) is 0 Å². The molecule has 0 aromatic carbocycles. The van der Waals surface area contributed by atoms with Crippen molar-refractivity contribution in [2.75, 3.05) is 7.05 Å². The fourth-order valence-electron chi connectivity index (χ4n) is 3.22. The molecule has 1 aliphatic heterocycles. The lowest BCUT2D eigenvalue weighted by Crippen LogP contribution is -2.68. The maximum atomic E-state index is 12.9. The molecule has 0 saturated carbocycles. The number of ether oxygens (including phenoxy) is 1. The van der Waals surface area contributed by atoms with E-state index < -0.39 is 64.0 Å². The van der Waals surface area contributed by atoms with E-state index in [9.17, 15) is 4.79 Å². The molecule has 1 aliphatic rings. The highest BCUT2D eigenvalue weighted by molar-refractivity contribution is 6.71. The summed E-state index contributed by atoms with van der Waals surface area (Å²) >= 11 is 0. The zero-order chi connectivity index (χ0) is 23.7. The topological polar surface area (TPSA) is 75.3 Å². The Morgan fingerprint density at radius 1 is 0.633 bits per heavy atom. The summed E-state index contributed by atoms with van der Waals surface area (Å²) in [6, 6.07) is 0. The second kappa shape index (κ2) is 9.96. The first-order valence-electron chi connectivity index (χ1n) is 10.8. The van der Waals surface area contributed by atoms with Gasteiger partial charge in [-0.1, -0.05) is 0 Å². The largest absolute Gasteiger partial charge is 0.409 e. The highest BCUT2D eigenvalue weighted by Gasteiger charge is 2.54. The molecule has 0 spiro atoms. The molecule has 5 atom stereocenters. The molecule has 30 heavy (non-hydrogen) atoms. The van der Waals surface area contributed by atoms with Crippen LogP contribution in [-0.2, 0) is 27.2 Å². The van der Waals surface area contributed by atoms with Crippen LogP contribution in [0.2, 0.25) is 78.6 Å². The predicted octanol–water partition coefficient (Wildman–Crippen LogP) is 3.97. The fraction of sp³-hybridized carbons (Fsp3) is 0.947. The van der Waals surface area contributed by atoms with Gasteiger partial charge in [0.25, 0.3) is 5.91 Å². The van der Waals surface area contributed by atoms with Crippen LogP contribution < -0.4 is 5.32 Å². The molecule has 0 aromatic rings. The van der Waals surface area contributed by atoms with Gasteiger partial charge in [0.1, 0.15) is 18.3 Å². The summed E-state index contributed by atoms with van der Waals surface area (Å²) in [6.45, 7) is 25.5. The Kier molecular flexibility index (Phi) is 9.35. The molecule has 1 fully saturated rings. The summed E-state index contributed by atoms with van der Waals surface area (Å²) in [5.74, 6) is -0.224. The Labute approximate surface area is 188 Å². The molecule has 1 saturated heterocycles. The highest BCUT2D eigenvalue weighted by atomic mass is 28.4. The zero-order valence-corrected chi connectivity index (χ0v) is 25.3. The van der Waals surface area contributed by atoms with Crippen LogP contribution in [0.3, 0.4) is 0 Å². The van der Waals surface area contributed by atoms with E-state index in [-0.39, 0.29) is 5.91 Å². The average molecular weight is 496 g/mol. The monoisotopic (exact) mass is 495 g/mol. The highest BCUT2D eigenvalue weighted by Crippen LogP contribution is 2.35. The third-order valence-electron chi connectivity index (χ3n) is 3.94. The lowest BCUT2D eigenvalue weighted by molar-refractivity contribution is -0.258. The number of amides is 1. The van der Waals surface area contributed by atoms with E-state index in [2.05, 4.69) is 83.9 Å². The molecule has 1 heterocycles. The molecule has 11 heteroatoms. The van der Waals surface area contributed by atoms with Gasteiger partial charge >= 0.3 is 0 Å². The molecular weight excluding hydrogens is 451 g/mol. The van der Waals surface area contributed by atoms with Crippen molar-refractivity contribution in [2.24, 2.45) is 0 Å². The van der Waals surface area contributed by atoms with Crippen molar-refractivity contribution in [1.82, 2.24) is 5.32 Å². The first-order chi connectivity index (χ1) is 13.2. The van der Waals surface area contributed by atoms with E-state index in [0.29, 0.717) is 0 Å². The predicted molar refractivity (Wildman–Crippen MR) is 132 cm³/mol. The van der Waals surface area contributed by atoms with Crippen molar-refractivity contribution in [3.63, 3.8) is 0 Å².